The summed E-state index contributed by atoms with van der Waals surface area (Å²) >= 11 is 23.3. The van der Waals surface area contributed by atoms with Crippen molar-refractivity contribution >= 4 is 52.1 Å². The number of aromatic nitrogens is 2. The summed E-state index contributed by atoms with van der Waals surface area (Å²) in [6.07, 6.45) is 0. The van der Waals surface area contributed by atoms with Gasteiger partial charge < -0.3 is 4.74 Å². The minimum atomic E-state index is -0.674. The van der Waals surface area contributed by atoms with Crippen LogP contribution in [0.25, 0.3) is 0 Å². The van der Waals surface area contributed by atoms with Gasteiger partial charge in [-0.1, -0.05) is 34.8 Å². The van der Waals surface area contributed by atoms with Gasteiger partial charge in [-0.3, -0.25) is 10.1 Å². The highest BCUT2D eigenvalue weighted by atomic mass is 35.5. The first-order chi connectivity index (χ1) is 9.79. The lowest BCUT2D eigenvalue weighted by atomic mass is 10.3. The van der Waals surface area contributed by atoms with Crippen molar-refractivity contribution in [1.29, 1.82) is 0 Å². The van der Waals surface area contributed by atoms with Crippen molar-refractivity contribution in [1.82, 2.24) is 9.97 Å². The van der Waals surface area contributed by atoms with Crippen LogP contribution in [0.3, 0.4) is 0 Å². The summed E-state index contributed by atoms with van der Waals surface area (Å²) in [5.41, 5.74) is -0.354. The van der Waals surface area contributed by atoms with Gasteiger partial charge in [-0.05, 0) is 24.6 Å². The second-order valence-electron chi connectivity index (χ2n) is 3.79. The number of nitro groups is 1. The second-order valence-corrected chi connectivity index (χ2v) is 5.35. The highest BCUT2D eigenvalue weighted by molar-refractivity contribution is 6.43. The monoisotopic (exact) mass is 367 g/mol. The lowest BCUT2D eigenvalue weighted by molar-refractivity contribution is -0.386. The molecule has 2 aromatic rings. The van der Waals surface area contributed by atoms with Crippen LogP contribution >= 0.6 is 46.4 Å². The quantitative estimate of drug-likeness (QED) is 0.326. The van der Waals surface area contributed by atoms with Crippen LogP contribution in [0.15, 0.2) is 12.1 Å². The molecule has 0 aliphatic carbocycles. The molecule has 110 valence electrons. The molecule has 6 nitrogen and oxygen atoms in total. The standard InChI is InChI=1S/C11H5Cl4N3O3/c1-4-9(18(19)20)10(17-11(15)16-4)21-8-3-6(13)5(12)2-7(8)14/h2-3H,1H3. The molecule has 21 heavy (non-hydrogen) atoms. The normalized spacial score (nSPS) is 10.5. The van der Waals surface area contributed by atoms with Crippen molar-refractivity contribution in [3.63, 3.8) is 0 Å². The number of ether oxygens (including phenoxy) is 1. The number of hydrogen-bond acceptors (Lipinski definition) is 5. The number of benzene rings is 1. The summed E-state index contributed by atoms with van der Waals surface area (Å²) in [4.78, 5) is 17.8. The van der Waals surface area contributed by atoms with E-state index in [1.165, 1.54) is 19.1 Å². The molecule has 1 heterocycles. The van der Waals surface area contributed by atoms with Crippen molar-refractivity contribution in [2.75, 3.05) is 0 Å². The van der Waals surface area contributed by atoms with E-state index in [4.69, 9.17) is 51.1 Å². The van der Waals surface area contributed by atoms with Gasteiger partial charge in [-0.25, -0.2) is 4.98 Å². The number of nitrogens with zero attached hydrogens (tertiary/aromatic N) is 3. The maximum Gasteiger partial charge on any atom is 0.352 e. The van der Waals surface area contributed by atoms with Gasteiger partial charge in [0.25, 0.3) is 0 Å². The van der Waals surface area contributed by atoms with Gasteiger partial charge in [-0.2, -0.15) is 4.98 Å². The van der Waals surface area contributed by atoms with E-state index in [2.05, 4.69) is 9.97 Å². The number of hydrogen-bond donors (Lipinski definition) is 0. The fourth-order valence-corrected chi connectivity index (χ4v) is 2.25. The van der Waals surface area contributed by atoms with Crippen LogP contribution in [-0.2, 0) is 0 Å². The fraction of sp³-hybridized carbons (Fsp3) is 0.0909. The Bertz CT molecular complexity index is 739. The Morgan fingerprint density at radius 2 is 1.71 bits per heavy atom. The zero-order chi connectivity index (χ0) is 15.7. The molecule has 0 aliphatic heterocycles. The predicted molar refractivity (Wildman–Crippen MR) is 80.0 cm³/mol. The van der Waals surface area contributed by atoms with Crippen LogP contribution in [0.1, 0.15) is 5.69 Å². The van der Waals surface area contributed by atoms with Crippen LogP contribution in [0.4, 0.5) is 5.69 Å². The van der Waals surface area contributed by atoms with Crippen LogP contribution in [0.2, 0.25) is 20.4 Å². The Hall–Kier alpha value is -1.34. The molecule has 2 rings (SSSR count). The van der Waals surface area contributed by atoms with Crippen molar-refractivity contribution in [2.24, 2.45) is 0 Å². The van der Waals surface area contributed by atoms with E-state index in [0.717, 1.165) is 0 Å². The van der Waals surface area contributed by atoms with E-state index in [9.17, 15) is 10.1 Å². The summed E-state index contributed by atoms with van der Waals surface area (Å²) < 4.78 is 5.35. The van der Waals surface area contributed by atoms with Crippen LogP contribution < -0.4 is 4.74 Å². The molecule has 0 spiro atoms. The average molecular weight is 369 g/mol. The third-order valence-corrected chi connectivity index (χ3v) is 3.55. The maximum absolute atomic E-state index is 11.1. The highest BCUT2D eigenvalue weighted by Gasteiger charge is 2.24. The number of rotatable bonds is 3. The highest BCUT2D eigenvalue weighted by Crippen LogP contribution is 2.39. The lowest BCUT2D eigenvalue weighted by Crippen LogP contribution is -2.01. The summed E-state index contributed by atoms with van der Waals surface area (Å²) in [7, 11) is 0. The molecule has 0 amide bonds. The Morgan fingerprint density at radius 1 is 1.10 bits per heavy atom. The van der Waals surface area contributed by atoms with Crippen molar-refractivity contribution in [3.05, 3.63) is 48.3 Å². The minimum Gasteiger partial charge on any atom is -0.432 e. The first-order valence-corrected chi connectivity index (χ1v) is 6.81. The largest absolute Gasteiger partial charge is 0.432 e. The van der Waals surface area contributed by atoms with Crippen molar-refractivity contribution < 1.29 is 9.66 Å². The van der Waals surface area contributed by atoms with Gasteiger partial charge in [0.2, 0.25) is 5.28 Å². The van der Waals surface area contributed by atoms with E-state index >= 15 is 0 Å². The fourth-order valence-electron chi connectivity index (χ4n) is 1.48. The van der Waals surface area contributed by atoms with Crippen LogP contribution in [0.5, 0.6) is 11.6 Å². The molecule has 0 atom stereocenters. The average Bonchev–Trinajstić information content (AvgIpc) is 2.34. The smallest absolute Gasteiger partial charge is 0.352 e. The predicted octanol–water partition coefficient (Wildman–Crippen LogP) is 5.10. The summed E-state index contributed by atoms with van der Waals surface area (Å²) in [5.74, 6) is -0.277. The zero-order valence-electron chi connectivity index (χ0n) is 10.2. The summed E-state index contributed by atoms with van der Waals surface area (Å²) in [6, 6.07) is 2.67. The molecule has 0 aliphatic rings. The Balaban J connectivity index is 2.54. The van der Waals surface area contributed by atoms with Gasteiger partial charge in [-0.15, -0.1) is 0 Å². The van der Waals surface area contributed by atoms with E-state index in [0.29, 0.717) is 0 Å². The molecule has 0 N–H and O–H groups in total. The molecule has 0 bridgehead atoms. The zero-order valence-corrected chi connectivity index (χ0v) is 13.3. The molecule has 10 heteroatoms. The Labute approximate surface area is 138 Å². The first-order valence-electron chi connectivity index (χ1n) is 5.30. The molecule has 1 aromatic carbocycles. The third kappa shape index (κ3) is 3.47. The molecule has 0 saturated carbocycles. The Kier molecular flexibility index (Phi) is 4.73. The van der Waals surface area contributed by atoms with Crippen LogP contribution in [-0.4, -0.2) is 14.9 Å². The van der Waals surface area contributed by atoms with E-state index in [1.807, 2.05) is 0 Å². The van der Waals surface area contributed by atoms with Crippen LogP contribution in [0, 0.1) is 17.0 Å². The topological polar surface area (TPSA) is 78.2 Å². The Morgan fingerprint density at radius 3 is 2.33 bits per heavy atom. The molecule has 0 unspecified atom stereocenters. The molecule has 0 radical (unpaired) electrons. The molecular weight excluding hydrogens is 364 g/mol. The number of aryl methyl sites for hydroxylation is 1. The third-order valence-electron chi connectivity index (χ3n) is 2.36. The molecule has 0 saturated heterocycles. The number of halogens is 4. The van der Waals surface area contributed by atoms with E-state index in [1.54, 1.807) is 0 Å². The summed E-state index contributed by atoms with van der Waals surface area (Å²) in [5, 5.41) is 11.4. The molecule has 0 fully saturated rings. The van der Waals surface area contributed by atoms with Crippen molar-refractivity contribution in [3.8, 4) is 11.6 Å². The maximum atomic E-state index is 11.1. The van der Waals surface area contributed by atoms with Crippen molar-refractivity contribution in [2.45, 2.75) is 6.92 Å². The van der Waals surface area contributed by atoms with Gasteiger partial charge in [0.05, 0.1) is 20.0 Å². The summed E-state index contributed by atoms with van der Waals surface area (Å²) in [6.45, 7) is 1.41. The van der Waals surface area contributed by atoms with E-state index in [-0.39, 0.29) is 37.7 Å². The van der Waals surface area contributed by atoms with Gasteiger partial charge >= 0.3 is 11.6 Å². The minimum absolute atomic E-state index is 0.0586. The first kappa shape index (κ1) is 16.0. The SMILES string of the molecule is Cc1nc(Cl)nc(Oc2cc(Cl)c(Cl)cc2Cl)c1[N+](=O)[O-]. The molecular formula is C11H5Cl4N3O3. The van der Waals surface area contributed by atoms with Gasteiger partial charge in [0.1, 0.15) is 11.4 Å². The van der Waals surface area contributed by atoms with Gasteiger partial charge in [0.15, 0.2) is 0 Å². The lowest BCUT2D eigenvalue weighted by Gasteiger charge is -2.09. The van der Waals surface area contributed by atoms with Gasteiger partial charge in [0, 0.05) is 6.07 Å². The second kappa shape index (κ2) is 6.19. The molecule has 1 aromatic heterocycles. The van der Waals surface area contributed by atoms with E-state index < -0.39 is 10.6 Å².